The van der Waals surface area contributed by atoms with Crippen LogP contribution < -0.4 is 0 Å². The maximum absolute atomic E-state index is 4.90. The van der Waals surface area contributed by atoms with Crippen LogP contribution in [-0.4, -0.2) is 19.5 Å². The van der Waals surface area contributed by atoms with Crippen molar-refractivity contribution < 1.29 is 0 Å². The molecule has 5 rings (SSSR count). The van der Waals surface area contributed by atoms with E-state index in [0.717, 1.165) is 6.42 Å². The first kappa shape index (κ1) is 21.9. The Bertz CT molecular complexity index is 1470. The van der Waals surface area contributed by atoms with Crippen LogP contribution in [-0.2, 0) is 11.8 Å². The maximum atomic E-state index is 4.90. The Morgan fingerprint density at radius 2 is 1.56 bits per heavy atom. The summed E-state index contributed by atoms with van der Waals surface area (Å²) in [7, 11) is 0. The molecule has 3 heteroatoms. The van der Waals surface area contributed by atoms with Gasteiger partial charge in [-0.3, -0.25) is 0 Å². The molecule has 0 N–H and O–H groups in total. The molecule has 2 aromatic carbocycles. The molecule has 3 aromatic heterocycles. The fourth-order valence-electron chi connectivity index (χ4n) is 4.78. The summed E-state index contributed by atoms with van der Waals surface area (Å²) in [5.74, 6) is 0. The molecule has 1 nitrogen and oxygen atoms in total. The normalized spacial score (nSPS) is 13.0. The van der Waals surface area contributed by atoms with Crippen LogP contribution in [0, 0.1) is 12.3 Å². The monoisotopic (exact) mass is 505 g/mol. The van der Waals surface area contributed by atoms with Gasteiger partial charge >= 0.3 is 202 Å². The van der Waals surface area contributed by atoms with Crippen molar-refractivity contribution in [2.24, 2.45) is 5.41 Å². The second-order valence-electron chi connectivity index (χ2n) is 11.2. The van der Waals surface area contributed by atoms with Crippen LogP contribution >= 0.6 is 11.3 Å². The average Bonchev–Trinajstić information content (AvgIpc) is 3.26. The van der Waals surface area contributed by atoms with E-state index >= 15 is 0 Å². The summed E-state index contributed by atoms with van der Waals surface area (Å²) < 4.78 is 5.75. The van der Waals surface area contributed by atoms with E-state index in [1.807, 2.05) is 17.5 Å². The molecule has 164 valence electrons. The van der Waals surface area contributed by atoms with Gasteiger partial charge in [0.15, 0.2) is 0 Å². The van der Waals surface area contributed by atoms with E-state index in [2.05, 4.69) is 90.9 Å². The summed E-state index contributed by atoms with van der Waals surface area (Å²) in [5, 5.41) is 5.41. The molecule has 0 atom stereocenters. The molecule has 0 spiro atoms. The van der Waals surface area contributed by atoms with Crippen LogP contribution in [0.5, 0.6) is 0 Å². The van der Waals surface area contributed by atoms with Crippen molar-refractivity contribution in [3.05, 3.63) is 64.2 Å². The number of nitrogens with zero attached hydrogens (tertiary/aromatic N) is 1. The van der Waals surface area contributed by atoms with Crippen LogP contribution in [0.25, 0.3) is 41.1 Å². The molecule has 0 saturated heterocycles. The Morgan fingerprint density at radius 3 is 2.25 bits per heavy atom. The predicted molar refractivity (Wildman–Crippen MR) is 144 cm³/mol. The molecule has 0 aliphatic carbocycles. The quantitative estimate of drug-likeness (QED) is 0.220. The summed E-state index contributed by atoms with van der Waals surface area (Å²) in [6.07, 6.45) is 3.10. The van der Waals surface area contributed by atoms with E-state index in [9.17, 15) is 0 Å². The Morgan fingerprint density at radius 1 is 0.844 bits per heavy atom. The third-order valence-corrected chi connectivity index (χ3v) is 10.8. The van der Waals surface area contributed by atoms with Gasteiger partial charge in [-0.05, 0) is 0 Å². The van der Waals surface area contributed by atoms with E-state index in [1.165, 1.54) is 52.2 Å². The number of fused-ring (bicyclic) bond motifs is 5. The van der Waals surface area contributed by atoms with Gasteiger partial charge in [-0.1, -0.05) is 0 Å². The van der Waals surface area contributed by atoms with Gasteiger partial charge in [0.1, 0.15) is 0 Å². The number of pyridine rings is 1. The summed E-state index contributed by atoms with van der Waals surface area (Å²) in [4.78, 5) is 4.90. The van der Waals surface area contributed by atoms with E-state index in [4.69, 9.17) is 4.98 Å². The van der Waals surface area contributed by atoms with Crippen LogP contribution in [0.2, 0.25) is 0 Å². The first-order chi connectivity index (χ1) is 15.0. The second-order valence-corrected chi connectivity index (χ2v) is 14.5. The fourth-order valence-corrected chi connectivity index (χ4v) is 8.85. The van der Waals surface area contributed by atoms with Gasteiger partial charge in [-0.25, -0.2) is 0 Å². The molecule has 0 aliphatic heterocycles. The molecule has 0 fully saturated rings. The fraction of sp³-hybridized carbons (Fsp3) is 0.345. The molecule has 0 aliphatic rings. The number of thiophene rings is 1. The standard InChI is InChI=1S/C29H31NSSe/c1-17-14-23(32-27(17)29(5,6)7)24-26-22(12-13-30-24)21-11-9-19-15-18(16-28(2,3)4)8-10-20(19)25(21)31-26/h8-15H,16H2,1-7H3. The molecule has 3 heterocycles. The Labute approximate surface area is 201 Å². The van der Waals surface area contributed by atoms with Gasteiger partial charge in [0.2, 0.25) is 0 Å². The minimum atomic E-state index is 0.220. The third-order valence-electron chi connectivity index (χ3n) is 6.00. The molecule has 0 bridgehead atoms. The molecule has 0 unspecified atom stereocenters. The van der Waals surface area contributed by atoms with Crippen molar-refractivity contribution >= 4 is 56.8 Å². The van der Waals surface area contributed by atoms with Gasteiger partial charge in [0, 0.05) is 0 Å². The Kier molecular flexibility index (Phi) is 5.17. The predicted octanol–water partition coefficient (Wildman–Crippen LogP) is 8.52. The van der Waals surface area contributed by atoms with Gasteiger partial charge in [0.05, 0.1) is 0 Å². The van der Waals surface area contributed by atoms with E-state index in [0.29, 0.717) is 19.9 Å². The minimum absolute atomic E-state index is 0.220. The summed E-state index contributed by atoms with van der Waals surface area (Å²) >= 11 is 2.26. The van der Waals surface area contributed by atoms with Crippen LogP contribution in [0.1, 0.15) is 57.1 Å². The van der Waals surface area contributed by atoms with Crippen LogP contribution in [0.15, 0.2) is 48.7 Å². The van der Waals surface area contributed by atoms with Gasteiger partial charge in [-0.2, -0.15) is 0 Å². The number of rotatable bonds is 2. The average molecular weight is 505 g/mol. The van der Waals surface area contributed by atoms with Crippen LogP contribution in [0.4, 0.5) is 0 Å². The topological polar surface area (TPSA) is 12.9 Å². The zero-order valence-corrected chi connectivity index (χ0v) is 22.6. The van der Waals surface area contributed by atoms with Crippen molar-refractivity contribution in [1.29, 1.82) is 0 Å². The number of aryl methyl sites for hydroxylation is 1. The Hall–Kier alpha value is -1.93. The molecular formula is C29H31NSSe. The number of hydrogen-bond acceptors (Lipinski definition) is 2. The molecule has 0 radical (unpaired) electrons. The molecule has 32 heavy (non-hydrogen) atoms. The van der Waals surface area contributed by atoms with E-state index < -0.39 is 0 Å². The summed E-state index contributed by atoms with van der Waals surface area (Å²) in [6.45, 7) is 16.2. The number of aromatic nitrogens is 1. The SMILES string of the molecule is Cc1cc(-c2nccc3c2sc2c4ccc(CC(C)(C)C)cc4ccc32)[se]c1C(C)(C)C. The van der Waals surface area contributed by atoms with Gasteiger partial charge in [0.25, 0.3) is 0 Å². The second kappa shape index (κ2) is 7.55. The summed E-state index contributed by atoms with van der Waals surface area (Å²) in [5.41, 5.74) is 4.56. The number of hydrogen-bond donors (Lipinski definition) is 0. The van der Waals surface area contributed by atoms with Crippen molar-refractivity contribution in [2.75, 3.05) is 0 Å². The van der Waals surface area contributed by atoms with Crippen molar-refractivity contribution in [3.63, 3.8) is 0 Å². The molecular weight excluding hydrogens is 473 g/mol. The zero-order valence-electron chi connectivity index (χ0n) is 20.1. The van der Waals surface area contributed by atoms with Gasteiger partial charge < -0.3 is 0 Å². The third kappa shape index (κ3) is 3.85. The van der Waals surface area contributed by atoms with Crippen LogP contribution in [0.3, 0.4) is 0 Å². The first-order valence-corrected chi connectivity index (χ1v) is 13.9. The molecule has 0 saturated carbocycles. The first-order valence-electron chi connectivity index (χ1n) is 11.4. The van der Waals surface area contributed by atoms with Crippen molar-refractivity contribution in [1.82, 2.24) is 4.98 Å². The van der Waals surface area contributed by atoms with Gasteiger partial charge in [-0.15, -0.1) is 0 Å². The summed E-state index contributed by atoms with van der Waals surface area (Å²) in [6, 6.07) is 16.3. The molecule has 5 aromatic rings. The van der Waals surface area contributed by atoms with E-state index in [1.54, 1.807) is 4.44 Å². The zero-order chi connectivity index (χ0) is 22.8. The van der Waals surface area contributed by atoms with Crippen molar-refractivity contribution in [3.8, 4) is 10.1 Å². The Balaban J connectivity index is 1.71. The number of benzene rings is 2. The van der Waals surface area contributed by atoms with Crippen molar-refractivity contribution in [2.45, 2.75) is 60.3 Å². The van der Waals surface area contributed by atoms with E-state index in [-0.39, 0.29) is 5.41 Å². The molecule has 0 amide bonds.